The highest BCUT2D eigenvalue weighted by molar-refractivity contribution is 7.19. The van der Waals surface area contributed by atoms with Crippen molar-refractivity contribution in [1.29, 1.82) is 0 Å². The third-order valence-corrected chi connectivity index (χ3v) is 6.72. The van der Waals surface area contributed by atoms with E-state index in [4.69, 9.17) is 16.3 Å². The predicted molar refractivity (Wildman–Crippen MR) is 114 cm³/mol. The van der Waals surface area contributed by atoms with Gasteiger partial charge in [-0.25, -0.2) is 0 Å². The van der Waals surface area contributed by atoms with E-state index >= 15 is 0 Å². The van der Waals surface area contributed by atoms with Crippen molar-refractivity contribution in [3.8, 4) is 17.0 Å². The lowest BCUT2D eigenvalue weighted by Crippen LogP contribution is -2.10. The number of aliphatic hydroxyl groups is 1. The molecule has 1 saturated carbocycles. The van der Waals surface area contributed by atoms with Crippen LogP contribution < -0.4 is 4.74 Å². The van der Waals surface area contributed by atoms with Gasteiger partial charge >= 0.3 is 0 Å². The molecule has 1 N–H and O–H groups in total. The number of nitrogens with zero attached hydrogens (tertiary/aromatic N) is 1. The zero-order chi connectivity index (χ0) is 18.8. The number of thiophene rings is 1. The first-order valence-corrected chi connectivity index (χ1v) is 11.1. The van der Waals surface area contributed by atoms with E-state index in [2.05, 4.69) is 29.7 Å². The van der Waals surface area contributed by atoms with Crippen molar-refractivity contribution in [2.45, 2.75) is 64.7 Å². The van der Waals surface area contributed by atoms with Crippen LogP contribution in [-0.2, 0) is 13.2 Å². The van der Waals surface area contributed by atoms with Gasteiger partial charge in [-0.2, -0.15) is 0 Å². The van der Waals surface area contributed by atoms with Gasteiger partial charge < -0.3 is 14.4 Å². The number of benzene rings is 1. The molecule has 0 spiro atoms. The number of hydrogen-bond donors (Lipinski definition) is 1. The van der Waals surface area contributed by atoms with Gasteiger partial charge in [-0.15, -0.1) is 11.3 Å². The third kappa shape index (κ3) is 3.89. The van der Waals surface area contributed by atoms with Gasteiger partial charge in [-0.05, 0) is 62.4 Å². The summed E-state index contributed by atoms with van der Waals surface area (Å²) in [6.45, 7) is 3.25. The lowest BCUT2D eigenvalue weighted by molar-refractivity contribution is 0.210. The average molecular weight is 404 g/mol. The first-order chi connectivity index (χ1) is 13.2. The molecule has 2 heterocycles. The van der Waals surface area contributed by atoms with Crippen LogP contribution in [0.4, 0.5) is 0 Å². The Labute approximate surface area is 169 Å². The van der Waals surface area contributed by atoms with Gasteiger partial charge in [0.15, 0.2) is 0 Å². The molecule has 3 nitrogen and oxygen atoms in total. The Hall–Kier alpha value is -1.49. The average Bonchev–Trinajstić information content (AvgIpc) is 3.37. The second kappa shape index (κ2) is 8.26. The minimum atomic E-state index is 0.0937. The van der Waals surface area contributed by atoms with Crippen molar-refractivity contribution in [2.75, 3.05) is 0 Å². The van der Waals surface area contributed by atoms with E-state index in [1.807, 2.05) is 12.1 Å². The lowest BCUT2D eigenvalue weighted by Gasteiger charge is -2.15. The molecule has 0 unspecified atom stereocenters. The summed E-state index contributed by atoms with van der Waals surface area (Å²) < 4.78 is 9.64. The van der Waals surface area contributed by atoms with Crippen LogP contribution in [0.1, 0.15) is 50.3 Å². The molecule has 0 atom stereocenters. The Balaban J connectivity index is 1.68. The van der Waals surface area contributed by atoms with E-state index in [1.165, 1.54) is 23.1 Å². The van der Waals surface area contributed by atoms with Crippen molar-refractivity contribution in [3.05, 3.63) is 40.2 Å². The number of halogens is 1. The minimum Gasteiger partial charge on any atom is -0.490 e. The standard InChI is InChI=1S/C22H26ClNO2S/c1-2-3-10-24-20(13-22-21(24)12-17(14-25)27-22)18-9-8-16(11-19(18)23)26-15-6-4-5-7-15/h8-9,11-13,15,25H,2-7,10,14H2,1H3. The van der Waals surface area contributed by atoms with Crippen LogP contribution in [-0.4, -0.2) is 15.8 Å². The molecular weight excluding hydrogens is 378 g/mol. The quantitative estimate of drug-likeness (QED) is 0.480. The number of aliphatic hydroxyl groups excluding tert-OH is 1. The Morgan fingerprint density at radius 2 is 2.04 bits per heavy atom. The highest BCUT2D eigenvalue weighted by atomic mass is 35.5. The maximum Gasteiger partial charge on any atom is 0.121 e. The number of hydrogen-bond acceptors (Lipinski definition) is 3. The Morgan fingerprint density at radius 3 is 2.74 bits per heavy atom. The molecule has 1 aliphatic carbocycles. The van der Waals surface area contributed by atoms with Crippen LogP contribution in [0.5, 0.6) is 5.75 Å². The smallest absolute Gasteiger partial charge is 0.121 e. The molecule has 1 aliphatic rings. The molecule has 3 aromatic rings. The van der Waals surface area contributed by atoms with E-state index in [0.29, 0.717) is 6.10 Å². The molecule has 27 heavy (non-hydrogen) atoms. The van der Waals surface area contributed by atoms with Crippen LogP contribution in [0.25, 0.3) is 21.5 Å². The zero-order valence-electron chi connectivity index (χ0n) is 15.7. The van der Waals surface area contributed by atoms with Crippen LogP contribution in [0, 0.1) is 0 Å². The summed E-state index contributed by atoms with van der Waals surface area (Å²) in [5, 5.41) is 10.2. The highest BCUT2D eigenvalue weighted by Crippen LogP contribution is 2.38. The van der Waals surface area contributed by atoms with E-state index in [9.17, 15) is 5.11 Å². The van der Waals surface area contributed by atoms with Crippen molar-refractivity contribution < 1.29 is 9.84 Å². The molecular formula is C22H26ClNO2S. The van der Waals surface area contributed by atoms with Crippen molar-refractivity contribution in [3.63, 3.8) is 0 Å². The minimum absolute atomic E-state index is 0.0937. The first kappa shape index (κ1) is 18.9. The molecule has 0 aliphatic heterocycles. The maximum absolute atomic E-state index is 9.47. The van der Waals surface area contributed by atoms with E-state index in [-0.39, 0.29) is 6.61 Å². The number of aromatic nitrogens is 1. The lowest BCUT2D eigenvalue weighted by atomic mass is 10.1. The number of aryl methyl sites for hydroxylation is 1. The summed E-state index contributed by atoms with van der Waals surface area (Å²) in [5.74, 6) is 0.867. The van der Waals surface area contributed by atoms with Gasteiger partial charge in [0.2, 0.25) is 0 Å². The second-order valence-corrected chi connectivity index (χ2v) is 8.90. The third-order valence-electron chi connectivity index (χ3n) is 5.35. The number of rotatable bonds is 7. The molecule has 4 rings (SSSR count). The first-order valence-electron chi connectivity index (χ1n) is 9.89. The summed E-state index contributed by atoms with van der Waals surface area (Å²) in [4.78, 5) is 1.00. The maximum atomic E-state index is 9.47. The largest absolute Gasteiger partial charge is 0.490 e. The zero-order valence-corrected chi connectivity index (χ0v) is 17.3. The molecule has 5 heteroatoms. The van der Waals surface area contributed by atoms with Gasteiger partial charge in [-0.1, -0.05) is 24.9 Å². The van der Waals surface area contributed by atoms with Crippen molar-refractivity contribution in [2.24, 2.45) is 0 Å². The number of fused-ring (bicyclic) bond motifs is 1. The Kier molecular flexibility index (Phi) is 5.76. The summed E-state index contributed by atoms with van der Waals surface area (Å²) in [5.41, 5.74) is 3.38. The highest BCUT2D eigenvalue weighted by Gasteiger charge is 2.19. The van der Waals surface area contributed by atoms with Crippen LogP contribution in [0.3, 0.4) is 0 Å². The molecule has 1 aromatic carbocycles. The SMILES string of the molecule is CCCCn1c(-c2ccc(OC3CCCC3)cc2Cl)cc2sc(CO)cc21. The second-order valence-electron chi connectivity index (χ2n) is 7.32. The molecule has 0 bridgehead atoms. The fourth-order valence-electron chi connectivity index (χ4n) is 3.93. The fraction of sp³-hybridized carbons (Fsp3) is 0.455. The normalized spacial score (nSPS) is 15.1. The molecule has 0 saturated heterocycles. The van der Waals surface area contributed by atoms with E-state index in [1.54, 1.807) is 11.3 Å². The predicted octanol–water partition coefficient (Wildman–Crippen LogP) is 6.64. The van der Waals surface area contributed by atoms with E-state index in [0.717, 1.165) is 59.1 Å². The molecule has 1 fully saturated rings. The van der Waals surface area contributed by atoms with Crippen LogP contribution >= 0.6 is 22.9 Å². The molecule has 2 aromatic heterocycles. The van der Waals surface area contributed by atoms with Crippen molar-refractivity contribution >= 4 is 33.2 Å². The topological polar surface area (TPSA) is 34.4 Å². The number of unbranched alkanes of at least 4 members (excludes halogenated alkanes) is 1. The summed E-state index contributed by atoms with van der Waals surface area (Å²) in [7, 11) is 0. The summed E-state index contributed by atoms with van der Waals surface area (Å²) in [6.07, 6.45) is 7.38. The van der Waals surface area contributed by atoms with Crippen LogP contribution in [0.15, 0.2) is 30.3 Å². The monoisotopic (exact) mass is 403 g/mol. The van der Waals surface area contributed by atoms with Crippen LogP contribution in [0.2, 0.25) is 5.02 Å². The Morgan fingerprint density at radius 1 is 1.22 bits per heavy atom. The number of ether oxygens (including phenoxy) is 1. The van der Waals surface area contributed by atoms with Gasteiger partial charge in [0.05, 0.1) is 33.6 Å². The van der Waals surface area contributed by atoms with Gasteiger partial charge in [-0.3, -0.25) is 0 Å². The van der Waals surface area contributed by atoms with Crippen molar-refractivity contribution in [1.82, 2.24) is 4.57 Å². The summed E-state index contributed by atoms with van der Waals surface area (Å²) >= 11 is 8.33. The Bertz CT molecular complexity index is 924. The van der Waals surface area contributed by atoms with E-state index < -0.39 is 0 Å². The van der Waals surface area contributed by atoms with Gasteiger partial charge in [0, 0.05) is 17.0 Å². The van der Waals surface area contributed by atoms with Gasteiger partial charge in [0.1, 0.15) is 5.75 Å². The molecule has 0 amide bonds. The summed E-state index contributed by atoms with van der Waals surface area (Å²) in [6, 6.07) is 10.4. The molecule has 144 valence electrons. The molecule has 0 radical (unpaired) electrons. The fourth-order valence-corrected chi connectivity index (χ4v) is 5.16. The van der Waals surface area contributed by atoms with Gasteiger partial charge in [0.25, 0.3) is 0 Å².